The molecule has 0 heterocycles. The zero-order valence-corrected chi connectivity index (χ0v) is 23.1. The lowest BCUT2D eigenvalue weighted by Gasteiger charge is -2.25. The van der Waals surface area contributed by atoms with Gasteiger partial charge in [0.25, 0.3) is 0 Å². The lowest BCUT2D eigenvalue weighted by atomic mass is 9.84. The molecule has 0 radical (unpaired) electrons. The van der Waals surface area contributed by atoms with Crippen molar-refractivity contribution in [1.82, 2.24) is 0 Å². The van der Waals surface area contributed by atoms with Crippen LogP contribution in [0.5, 0.6) is 0 Å². The molecule has 0 nitrogen and oxygen atoms in total. The highest BCUT2D eigenvalue weighted by molar-refractivity contribution is 6.90. The van der Waals surface area contributed by atoms with Gasteiger partial charge in [-0.05, 0) is 71.8 Å². The number of hydrogen-bond donors (Lipinski definition) is 0. The van der Waals surface area contributed by atoms with E-state index in [1.165, 1.54) is 70.9 Å². The molecular formula is C37H30Si. The van der Waals surface area contributed by atoms with Gasteiger partial charge < -0.3 is 0 Å². The highest BCUT2D eigenvalue weighted by Gasteiger charge is 2.25. The zero-order valence-electron chi connectivity index (χ0n) is 22.1. The molecule has 0 aliphatic carbocycles. The van der Waals surface area contributed by atoms with E-state index in [0.717, 1.165) is 0 Å². The molecular weight excluding hydrogens is 472 g/mol. The van der Waals surface area contributed by atoms with Gasteiger partial charge in [-0.2, -0.15) is 0 Å². The van der Waals surface area contributed by atoms with Gasteiger partial charge in [0.2, 0.25) is 0 Å². The van der Waals surface area contributed by atoms with E-state index in [1.54, 1.807) is 0 Å². The minimum atomic E-state index is -1.64. The maximum atomic E-state index is 2.50. The third kappa shape index (κ3) is 3.58. The molecule has 0 spiro atoms. The van der Waals surface area contributed by atoms with Crippen molar-refractivity contribution < 1.29 is 0 Å². The number of hydrogen-bond acceptors (Lipinski definition) is 0. The first-order valence-corrected chi connectivity index (χ1v) is 17.0. The van der Waals surface area contributed by atoms with Gasteiger partial charge in [0.15, 0.2) is 0 Å². The predicted molar refractivity (Wildman–Crippen MR) is 169 cm³/mol. The number of rotatable bonds is 4. The van der Waals surface area contributed by atoms with Crippen LogP contribution in [0.2, 0.25) is 19.6 Å². The fourth-order valence-electron chi connectivity index (χ4n) is 6.18. The molecule has 182 valence electrons. The molecule has 0 saturated heterocycles. The van der Waals surface area contributed by atoms with Gasteiger partial charge in [0, 0.05) is 0 Å². The standard InChI is InChI=1S/C37H30Si/c1-38(2,3)35-24-34(27-17-11-6-12-18-27)30-20-19-28-32(25-13-7-4-8-14-25)23-33(26-15-9-5-10-16-26)29-21-22-31(35)37(30)36(28)29/h4-24H,1-3H3. The fourth-order valence-corrected chi connectivity index (χ4v) is 7.78. The Morgan fingerprint density at radius 2 is 0.711 bits per heavy atom. The predicted octanol–water partition coefficient (Wildman–Crippen LogP) is 10.1. The highest BCUT2D eigenvalue weighted by atomic mass is 28.3. The summed E-state index contributed by atoms with van der Waals surface area (Å²) in [5, 5.41) is 9.75. The van der Waals surface area contributed by atoms with Gasteiger partial charge in [0.1, 0.15) is 0 Å². The molecule has 38 heavy (non-hydrogen) atoms. The largest absolute Gasteiger partial charge is 0.0784 e. The van der Waals surface area contributed by atoms with E-state index < -0.39 is 8.07 Å². The molecule has 0 amide bonds. The van der Waals surface area contributed by atoms with E-state index in [1.807, 2.05) is 0 Å². The summed E-state index contributed by atoms with van der Waals surface area (Å²) < 4.78 is 0. The molecule has 7 aromatic carbocycles. The molecule has 7 aromatic rings. The zero-order chi connectivity index (χ0) is 25.9. The lowest BCUT2D eigenvalue weighted by Crippen LogP contribution is -2.38. The number of benzene rings is 7. The van der Waals surface area contributed by atoms with Gasteiger partial charge in [-0.1, -0.05) is 146 Å². The summed E-state index contributed by atoms with van der Waals surface area (Å²) in [6, 6.07) is 47.1. The molecule has 0 fully saturated rings. The average Bonchev–Trinajstić information content (AvgIpc) is 2.96. The van der Waals surface area contributed by atoms with E-state index in [-0.39, 0.29) is 0 Å². The third-order valence-electron chi connectivity index (χ3n) is 7.96. The van der Waals surface area contributed by atoms with Crippen LogP contribution >= 0.6 is 0 Å². The van der Waals surface area contributed by atoms with Crippen LogP contribution < -0.4 is 5.19 Å². The van der Waals surface area contributed by atoms with Gasteiger partial charge in [-0.25, -0.2) is 0 Å². The molecule has 0 bridgehead atoms. The highest BCUT2D eigenvalue weighted by Crippen LogP contribution is 2.45. The average molecular weight is 503 g/mol. The first kappa shape index (κ1) is 23.0. The summed E-state index contributed by atoms with van der Waals surface area (Å²) in [7, 11) is -1.64. The van der Waals surface area contributed by atoms with Gasteiger partial charge in [-0.15, -0.1) is 0 Å². The normalized spacial score (nSPS) is 12.1. The first-order valence-electron chi connectivity index (χ1n) is 13.5. The van der Waals surface area contributed by atoms with Crippen molar-refractivity contribution in [2.24, 2.45) is 0 Å². The maximum absolute atomic E-state index is 2.50. The Bertz CT molecular complexity index is 1850. The van der Waals surface area contributed by atoms with Crippen LogP contribution in [0.25, 0.3) is 65.7 Å². The topological polar surface area (TPSA) is 0 Å². The summed E-state index contributed by atoms with van der Waals surface area (Å²) in [5.74, 6) is 0. The van der Waals surface area contributed by atoms with Crippen molar-refractivity contribution >= 4 is 45.6 Å². The molecule has 0 atom stereocenters. The maximum Gasteiger partial charge on any atom is 0.0784 e. The monoisotopic (exact) mass is 502 g/mol. The molecule has 0 aliphatic heterocycles. The quantitative estimate of drug-likeness (QED) is 0.166. The third-order valence-corrected chi connectivity index (χ3v) is 9.99. The van der Waals surface area contributed by atoms with E-state index in [4.69, 9.17) is 0 Å². The Balaban J connectivity index is 1.72. The van der Waals surface area contributed by atoms with Crippen LogP contribution in [0.4, 0.5) is 0 Å². The lowest BCUT2D eigenvalue weighted by molar-refractivity contribution is 1.63. The van der Waals surface area contributed by atoms with Crippen molar-refractivity contribution in [2.75, 3.05) is 0 Å². The smallest absolute Gasteiger partial charge is 0.0656 e. The molecule has 0 unspecified atom stereocenters. The summed E-state index contributed by atoms with van der Waals surface area (Å²) in [5.41, 5.74) is 7.75. The minimum Gasteiger partial charge on any atom is -0.0656 e. The molecule has 0 aliphatic rings. The van der Waals surface area contributed by atoms with Crippen LogP contribution in [0.15, 0.2) is 127 Å². The Hall–Kier alpha value is -4.20. The molecule has 0 N–H and O–H groups in total. The van der Waals surface area contributed by atoms with Crippen molar-refractivity contribution in [2.45, 2.75) is 19.6 Å². The summed E-state index contributed by atoms with van der Waals surface area (Å²) in [6.45, 7) is 7.41. The fraction of sp³-hybridized carbons (Fsp3) is 0.0811. The second-order valence-electron chi connectivity index (χ2n) is 11.4. The Kier molecular flexibility index (Phi) is 5.24. The van der Waals surface area contributed by atoms with Crippen molar-refractivity contribution in [3.05, 3.63) is 127 Å². The van der Waals surface area contributed by atoms with Crippen LogP contribution in [-0.4, -0.2) is 8.07 Å². The van der Waals surface area contributed by atoms with Crippen LogP contribution in [0.3, 0.4) is 0 Å². The van der Waals surface area contributed by atoms with Gasteiger partial charge >= 0.3 is 0 Å². The Labute approximate surface area is 225 Å². The SMILES string of the molecule is C[Si](C)(C)c1cc(-c2ccccc2)c2ccc3c(-c4ccccc4)cc(-c4ccccc4)c4ccc1c2c34. The summed E-state index contributed by atoms with van der Waals surface area (Å²) in [6.07, 6.45) is 0. The Morgan fingerprint density at radius 1 is 0.368 bits per heavy atom. The van der Waals surface area contributed by atoms with E-state index in [9.17, 15) is 0 Å². The van der Waals surface area contributed by atoms with Crippen LogP contribution in [0.1, 0.15) is 0 Å². The van der Waals surface area contributed by atoms with Crippen molar-refractivity contribution in [1.29, 1.82) is 0 Å². The summed E-state index contributed by atoms with van der Waals surface area (Å²) >= 11 is 0. The van der Waals surface area contributed by atoms with Crippen LogP contribution in [-0.2, 0) is 0 Å². The van der Waals surface area contributed by atoms with Crippen molar-refractivity contribution in [3.63, 3.8) is 0 Å². The minimum absolute atomic E-state index is 1.26. The first-order chi connectivity index (χ1) is 18.5. The van der Waals surface area contributed by atoms with Gasteiger partial charge in [-0.3, -0.25) is 0 Å². The Morgan fingerprint density at radius 3 is 1.11 bits per heavy atom. The van der Waals surface area contributed by atoms with Crippen LogP contribution in [0, 0.1) is 0 Å². The molecule has 1 heteroatoms. The molecule has 7 rings (SSSR count). The molecule has 0 aromatic heterocycles. The molecule has 0 saturated carbocycles. The van der Waals surface area contributed by atoms with E-state index >= 15 is 0 Å². The summed E-state index contributed by atoms with van der Waals surface area (Å²) in [4.78, 5) is 0. The van der Waals surface area contributed by atoms with E-state index in [0.29, 0.717) is 0 Å². The van der Waals surface area contributed by atoms with Crippen molar-refractivity contribution in [3.8, 4) is 33.4 Å². The second-order valence-corrected chi connectivity index (χ2v) is 16.4. The van der Waals surface area contributed by atoms with E-state index in [2.05, 4.69) is 147 Å². The van der Waals surface area contributed by atoms with Gasteiger partial charge in [0.05, 0.1) is 8.07 Å². The second kappa shape index (κ2) is 8.68.